The van der Waals surface area contributed by atoms with Gasteiger partial charge in [-0.1, -0.05) is 47.5 Å². The molecule has 0 aromatic heterocycles. The molecule has 4 rings (SSSR count). The number of halogens is 2. The highest BCUT2D eigenvalue weighted by atomic mass is 35.5. The zero-order chi connectivity index (χ0) is 21.9. The fourth-order valence-corrected chi connectivity index (χ4v) is 3.70. The summed E-state index contributed by atoms with van der Waals surface area (Å²) in [5, 5.41) is 37.8. The van der Waals surface area contributed by atoms with Crippen LogP contribution in [0.4, 0.5) is 0 Å². The van der Waals surface area contributed by atoms with Crippen LogP contribution in [-0.2, 0) is 15.6 Å². The second kappa shape index (κ2) is 8.40. The molecule has 0 heterocycles. The van der Waals surface area contributed by atoms with E-state index < -0.39 is 16.8 Å². The fourth-order valence-electron chi connectivity index (χ4n) is 3.45. The zero-order valence-corrected chi connectivity index (χ0v) is 17.4. The highest BCUT2D eigenvalue weighted by Crippen LogP contribution is 2.53. The molecule has 2 saturated carbocycles. The lowest BCUT2D eigenvalue weighted by Gasteiger charge is -2.14. The van der Waals surface area contributed by atoms with Gasteiger partial charge in [0.2, 0.25) is 0 Å². The second-order valence-electron chi connectivity index (χ2n) is 7.43. The molecule has 30 heavy (non-hydrogen) atoms. The third kappa shape index (κ3) is 4.14. The van der Waals surface area contributed by atoms with Crippen molar-refractivity contribution in [3.05, 3.63) is 81.0 Å². The number of benzene rings is 2. The van der Waals surface area contributed by atoms with Gasteiger partial charge >= 0.3 is 5.97 Å². The average Bonchev–Trinajstić information content (AvgIpc) is 3.64. The molecule has 2 aliphatic rings. The number of nitriles is 2. The standard InChI is InChI=1S/C13H9ClN2O.C10H9ClO2/c14-11-3-1-10(2-4-11)13(5-6-13)12(17)9(7-15)8-16;11-8-3-1-7(2-4-8)10(5-6-10)9(12)13/h1-4,17H,5-6H2;1-4H,5-6H2,(H,12,13). The number of aliphatic carboxylic acids is 1. The molecule has 0 saturated heterocycles. The third-order valence-corrected chi connectivity index (χ3v) is 6.12. The van der Waals surface area contributed by atoms with Gasteiger partial charge in [-0.15, -0.1) is 0 Å². The molecule has 2 fully saturated rings. The summed E-state index contributed by atoms with van der Waals surface area (Å²) >= 11 is 11.5. The first-order valence-corrected chi connectivity index (χ1v) is 10.0. The SMILES string of the molecule is N#CC(C#N)=C(O)C1(c2ccc(Cl)cc2)CC1.O=C(O)C1(c2ccc(Cl)cc2)CC1. The van der Waals surface area contributed by atoms with Gasteiger partial charge in [0, 0.05) is 10.0 Å². The van der Waals surface area contributed by atoms with Crippen molar-refractivity contribution >= 4 is 29.2 Å². The van der Waals surface area contributed by atoms with Crippen LogP contribution in [0.15, 0.2) is 59.9 Å². The Kier molecular flexibility index (Phi) is 6.08. The number of carbonyl (C=O) groups is 1. The Labute approximate surface area is 184 Å². The summed E-state index contributed by atoms with van der Waals surface area (Å²) in [6.07, 6.45) is 2.97. The molecule has 0 bridgehead atoms. The molecule has 2 aromatic rings. The Bertz CT molecular complexity index is 1050. The smallest absolute Gasteiger partial charge is 0.314 e. The average molecular weight is 441 g/mol. The minimum atomic E-state index is -0.727. The molecule has 152 valence electrons. The largest absolute Gasteiger partial charge is 0.509 e. The van der Waals surface area contributed by atoms with Crippen LogP contribution in [0.5, 0.6) is 0 Å². The summed E-state index contributed by atoms with van der Waals surface area (Å²) in [7, 11) is 0. The van der Waals surface area contributed by atoms with Crippen LogP contribution >= 0.6 is 23.2 Å². The minimum absolute atomic E-state index is 0.121. The van der Waals surface area contributed by atoms with E-state index in [0.717, 1.165) is 36.8 Å². The van der Waals surface area contributed by atoms with Crippen LogP contribution in [0.1, 0.15) is 36.8 Å². The van der Waals surface area contributed by atoms with E-state index in [4.69, 9.17) is 38.8 Å². The molecule has 0 unspecified atom stereocenters. The summed E-state index contributed by atoms with van der Waals surface area (Å²) < 4.78 is 0. The van der Waals surface area contributed by atoms with Crippen LogP contribution in [0, 0.1) is 22.7 Å². The van der Waals surface area contributed by atoms with Crippen molar-refractivity contribution in [1.29, 1.82) is 10.5 Å². The number of hydrogen-bond acceptors (Lipinski definition) is 4. The van der Waals surface area contributed by atoms with Gasteiger partial charge in [-0.05, 0) is 61.1 Å². The van der Waals surface area contributed by atoms with Crippen molar-refractivity contribution in [3.63, 3.8) is 0 Å². The van der Waals surface area contributed by atoms with Crippen molar-refractivity contribution in [2.24, 2.45) is 0 Å². The van der Waals surface area contributed by atoms with Crippen LogP contribution in [0.3, 0.4) is 0 Å². The summed E-state index contributed by atoms with van der Waals surface area (Å²) in [5.74, 6) is -0.848. The van der Waals surface area contributed by atoms with Crippen molar-refractivity contribution in [1.82, 2.24) is 0 Å². The molecule has 2 aliphatic carbocycles. The Balaban J connectivity index is 0.000000177. The molecular formula is C23H18Cl2N2O3. The number of aliphatic hydroxyl groups excluding tert-OH is 1. The maximum Gasteiger partial charge on any atom is 0.314 e. The monoisotopic (exact) mass is 440 g/mol. The normalized spacial score (nSPS) is 16.7. The van der Waals surface area contributed by atoms with Gasteiger partial charge < -0.3 is 10.2 Å². The number of carboxylic acid groups (broad SMARTS) is 1. The summed E-state index contributed by atoms with van der Waals surface area (Å²) in [6, 6.07) is 17.6. The van der Waals surface area contributed by atoms with Crippen LogP contribution in [0.2, 0.25) is 10.0 Å². The van der Waals surface area contributed by atoms with Crippen molar-refractivity contribution < 1.29 is 15.0 Å². The quantitative estimate of drug-likeness (QED) is 0.469. The predicted octanol–water partition coefficient (Wildman–Crippen LogP) is 5.69. The van der Waals surface area contributed by atoms with Gasteiger partial charge in [0.05, 0.1) is 10.8 Å². The van der Waals surface area contributed by atoms with Gasteiger partial charge in [0.1, 0.15) is 17.9 Å². The molecule has 0 atom stereocenters. The highest BCUT2D eigenvalue weighted by Gasteiger charge is 2.51. The van der Waals surface area contributed by atoms with Gasteiger partial charge in [0.15, 0.2) is 5.57 Å². The minimum Gasteiger partial charge on any atom is -0.509 e. The van der Waals surface area contributed by atoms with E-state index in [1.54, 1.807) is 48.5 Å². The first-order chi connectivity index (χ1) is 14.3. The lowest BCUT2D eigenvalue weighted by molar-refractivity contribution is -0.140. The maximum atomic E-state index is 10.9. The van der Waals surface area contributed by atoms with Gasteiger partial charge in [-0.3, -0.25) is 4.79 Å². The number of allylic oxidation sites excluding steroid dienone is 2. The Morgan fingerprint density at radius 1 is 0.767 bits per heavy atom. The van der Waals surface area contributed by atoms with Crippen molar-refractivity contribution in [2.45, 2.75) is 36.5 Å². The molecule has 7 heteroatoms. The number of carboxylic acids is 1. The summed E-state index contributed by atoms with van der Waals surface area (Å²) in [6.45, 7) is 0. The number of aliphatic hydroxyl groups is 1. The van der Waals surface area contributed by atoms with E-state index in [2.05, 4.69) is 0 Å². The van der Waals surface area contributed by atoms with E-state index in [0.29, 0.717) is 10.0 Å². The second-order valence-corrected chi connectivity index (χ2v) is 8.30. The van der Waals surface area contributed by atoms with Crippen LogP contribution in [-0.4, -0.2) is 16.2 Å². The lowest BCUT2D eigenvalue weighted by atomic mass is 9.91. The third-order valence-electron chi connectivity index (χ3n) is 5.62. The molecular weight excluding hydrogens is 423 g/mol. The zero-order valence-electron chi connectivity index (χ0n) is 15.9. The van der Waals surface area contributed by atoms with E-state index in [-0.39, 0.29) is 11.3 Å². The van der Waals surface area contributed by atoms with E-state index >= 15 is 0 Å². The Morgan fingerprint density at radius 3 is 1.43 bits per heavy atom. The van der Waals surface area contributed by atoms with E-state index in [9.17, 15) is 9.90 Å². The predicted molar refractivity (Wildman–Crippen MR) is 113 cm³/mol. The highest BCUT2D eigenvalue weighted by molar-refractivity contribution is 6.30. The molecule has 0 amide bonds. The molecule has 0 aliphatic heterocycles. The molecule has 5 nitrogen and oxygen atoms in total. The number of rotatable bonds is 4. The van der Waals surface area contributed by atoms with Gasteiger partial charge in [-0.25, -0.2) is 0 Å². The van der Waals surface area contributed by atoms with E-state index in [1.807, 2.05) is 12.1 Å². The maximum absolute atomic E-state index is 10.9. The topological polar surface area (TPSA) is 105 Å². The summed E-state index contributed by atoms with van der Waals surface area (Å²) in [5.41, 5.74) is 0.389. The molecule has 0 radical (unpaired) electrons. The number of nitrogens with zero attached hydrogens (tertiary/aromatic N) is 2. The fraction of sp³-hybridized carbons (Fsp3) is 0.261. The van der Waals surface area contributed by atoms with Crippen molar-refractivity contribution in [3.8, 4) is 12.1 Å². The van der Waals surface area contributed by atoms with Crippen molar-refractivity contribution in [2.75, 3.05) is 0 Å². The molecule has 0 spiro atoms. The molecule has 2 aromatic carbocycles. The van der Waals surface area contributed by atoms with Gasteiger partial charge in [0.25, 0.3) is 0 Å². The molecule has 2 N–H and O–H groups in total. The van der Waals surface area contributed by atoms with Crippen LogP contribution < -0.4 is 0 Å². The summed E-state index contributed by atoms with van der Waals surface area (Å²) in [4.78, 5) is 10.9. The Hall–Kier alpha value is -2.99. The first kappa shape index (κ1) is 21.7. The number of hydrogen-bond donors (Lipinski definition) is 2. The first-order valence-electron chi connectivity index (χ1n) is 9.28. The van der Waals surface area contributed by atoms with Gasteiger partial charge in [-0.2, -0.15) is 10.5 Å². The van der Waals surface area contributed by atoms with E-state index in [1.165, 1.54) is 0 Å². The Morgan fingerprint density at radius 2 is 1.13 bits per heavy atom. The van der Waals surface area contributed by atoms with Crippen LogP contribution in [0.25, 0.3) is 0 Å². The lowest BCUT2D eigenvalue weighted by Crippen LogP contribution is -2.19.